The minimum atomic E-state index is -0.995. The molecule has 0 radical (unpaired) electrons. The number of benzene rings is 1. The third kappa shape index (κ3) is 2.84. The first-order chi connectivity index (χ1) is 12.6. The molecule has 0 fully saturated rings. The molecule has 0 saturated heterocycles. The molecule has 4 aromatic rings. The van der Waals surface area contributed by atoms with Gasteiger partial charge in [0.15, 0.2) is 0 Å². The molecule has 0 aliphatic heterocycles. The number of aromatic nitrogens is 6. The molecule has 0 saturated carbocycles. The minimum absolute atomic E-state index is 0.204. The lowest BCUT2D eigenvalue weighted by atomic mass is 10.0. The van der Waals surface area contributed by atoms with Crippen LogP contribution in [0.5, 0.6) is 0 Å². The SMILES string of the molecule is Cc1nc(-c2cc(-c3nn[nH]n3)c(-c3ccccc3)cn2)sc1C(=O)O. The summed E-state index contributed by atoms with van der Waals surface area (Å²) in [7, 11) is 0. The van der Waals surface area contributed by atoms with Crippen LogP contribution in [0.4, 0.5) is 0 Å². The highest BCUT2D eigenvalue weighted by atomic mass is 32.1. The maximum Gasteiger partial charge on any atom is 0.347 e. The first kappa shape index (κ1) is 16.0. The predicted octanol–water partition coefficient (Wildman–Crippen LogP) is 3.06. The van der Waals surface area contributed by atoms with Crippen molar-refractivity contribution in [2.45, 2.75) is 6.92 Å². The van der Waals surface area contributed by atoms with E-state index in [9.17, 15) is 9.90 Å². The largest absolute Gasteiger partial charge is 0.477 e. The summed E-state index contributed by atoms with van der Waals surface area (Å²) >= 11 is 1.09. The molecule has 9 heteroatoms. The van der Waals surface area contributed by atoms with E-state index in [1.165, 1.54) is 0 Å². The monoisotopic (exact) mass is 364 g/mol. The predicted molar refractivity (Wildman–Crippen MR) is 95.6 cm³/mol. The summed E-state index contributed by atoms with van der Waals surface area (Å²) in [6, 6.07) is 11.5. The molecule has 3 heterocycles. The molecular formula is C17H12N6O2S. The molecule has 0 aliphatic rings. The Balaban J connectivity index is 1.88. The van der Waals surface area contributed by atoms with E-state index in [-0.39, 0.29) is 4.88 Å². The second-order valence-electron chi connectivity index (χ2n) is 5.46. The first-order valence-corrected chi connectivity index (χ1v) is 8.45. The van der Waals surface area contributed by atoms with Gasteiger partial charge in [0.05, 0.1) is 11.4 Å². The summed E-state index contributed by atoms with van der Waals surface area (Å²) in [5, 5.41) is 24.0. The normalized spacial score (nSPS) is 10.8. The van der Waals surface area contributed by atoms with Crippen LogP contribution in [0.1, 0.15) is 15.4 Å². The van der Waals surface area contributed by atoms with E-state index in [0.717, 1.165) is 28.0 Å². The van der Waals surface area contributed by atoms with Crippen molar-refractivity contribution in [3.8, 4) is 33.2 Å². The van der Waals surface area contributed by atoms with Crippen LogP contribution in [-0.2, 0) is 0 Å². The third-order valence-corrected chi connectivity index (χ3v) is 4.95. The molecule has 0 amide bonds. The fraction of sp³-hybridized carbons (Fsp3) is 0.0588. The number of tetrazole rings is 1. The van der Waals surface area contributed by atoms with Crippen LogP contribution in [0.15, 0.2) is 42.6 Å². The summed E-state index contributed by atoms with van der Waals surface area (Å²) in [4.78, 5) is 20.3. The first-order valence-electron chi connectivity index (χ1n) is 7.64. The second-order valence-corrected chi connectivity index (χ2v) is 6.45. The zero-order valence-corrected chi connectivity index (χ0v) is 14.4. The number of hydrogen-bond donors (Lipinski definition) is 2. The van der Waals surface area contributed by atoms with Crippen molar-refractivity contribution in [2.75, 3.05) is 0 Å². The highest BCUT2D eigenvalue weighted by molar-refractivity contribution is 7.17. The van der Waals surface area contributed by atoms with Gasteiger partial charge in [-0.3, -0.25) is 4.98 Å². The summed E-state index contributed by atoms with van der Waals surface area (Å²) in [5.74, 6) is -0.565. The van der Waals surface area contributed by atoms with Crippen LogP contribution < -0.4 is 0 Å². The number of H-pyrrole nitrogens is 1. The molecular weight excluding hydrogens is 352 g/mol. The van der Waals surface area contributed by atoms with Crippen molar-refractivity contribution in [1.29, 1.82) is 0 Å². The van der Waals surface area contributed by atoms with E-state index in [4.69, 9.17) is 0 Å². The molecule has 3 aromatic heterocycles. The number of aromatic amines is 1. The van der Waals surface area contributed by atoms with Gasteiger partial charge in [-0.25, -0.2) is 9.78 Å². The number of pyridine rings is 1. The van der Waals surface area contributed by atoms with E-state index in [1.807, 2.05) is 30.3 Å². The number of carboxylic acid groups (broad SMARTS) is 1. The number of rotatable bonds is 4. The Morgan fingerprint density at radius 2 is 2.00 bits per heavy atom. The molecule has 0 atom stereocenters. The van der Waals surface area contributed by atoms with Crippen LogP contribution in [-0.4, -0.2) is 41.7 Å². The highest BCUT2D eigenvalue weighted by Crippen LogP contribution is 2.34. The number of thiazole rings is 1. The second kappa shape index (κ2) is 6.45. The standard InChI is InChI=1S/C17H12N6O2S/c1-9-14(17(24)25)26-16(19-9)13-7-11(15-20-22-23-21-15)12(8-18-13)10-5-3-2-4-6-10/h2-8H,1H3,(H,24,25)(H,20,21,22,23). The molecule has 0 unspecified atom stereocenters. The quantitative estimate of drug-likeness (QED) is 0.571. The van der Waals surface area contributed by atoms with Gasteiger partial charge < -0.3 is 5.11 Å². The maximum absolute atomic E-state index is 11.3. The lowest BCUT2D eigenvalue weighted by Gasteiger charge is -2.08. The highest BCUT2D eigenvalue weighted by Gasteiger charge is 2.19. The molecule has 128 valence electrons. The Hall–Kier alpha value is -3.46. The number of aryl methyl sites for hydroxylation is 1. The fourth-order valence-electron chi connectivity index (χ4n) is 2.59. The Morgan fingerprint density at radius 3 is 2.65 bits per heavy atom. The van der Waals surface area contributed by atoms with Crippen molar-refractivity contribution in [3.63, 3.8) is 0 Å². The zero-order chi connectivity index (χ0) is 18.1. The maximum atomic E-state index is 11.3. The number of nitrogens with zero attached hydrogens (tertiary/aromatic N) is 5. The van der Waals surface area contributed by atoms with Gasteiger partial charge >= 0.3 is 5.97 Å². The van der Waals surface area contributed by atoms with Crippen molar-refractivity contribution in [1.82, 2.24) is 30.6 Å². The van der Waals surface area contributed by atoms with Gasteiger partial charge in [0, 0.05) is 17.3 Å². The lowest BCUT2D eigenvalue weighted by molar-refractivity contribution is 0.0701. The van der Waals surface area contributed by atoms with Crippen LogP contribution in [0, 0.1) is 6.92 Å². The average Bonchev–Trinajstić information content (AvgIpc) is 3.32. The fourth-order valence-corrected chi connectivity index (χ4v) is 3.46. The molecule has 26 heavy (non-hydrogen) atoms. The molecule has 0 spiro atoms. The van der Waals surface area contributed by atoms with Gasteiger partial charge in [0.1, 0.15) is 9.88 Å². The van der Waals surface area contributed by atoms with Crippen LogP contribution >= 0.6 is 11.3 Å². The van der Waals surface area contributed by atoms with Gasteiger partial charge in [0.25, 0.3) is 0 Å². The molecule has 0 aliphatic carbocycles. The third-order valence-electron chi connectivity index (χ3n) is 3.78. The zero-order valence-electron chi connectivity index (χ0n) is 13.5. The Kier molecular flexibility index (Phi) is 3.98. The van der Waals surface area contributed by atoms with E-state index in [2.05, 4.69) is 30.6 Å². The molecule has 2 N–H and O–H groups in total. The Bertz CT molecular complexity index is 1080. The number of hydrogen-bond acceptors (Lipinski definition) is 7. The number of nitrogens with one attached hydrogen (secondary N) is 1. The summed E-state index contributed by atoms with van der Waals surface area (Å²) < 4.78 is 0. The lowest BCUT2D eigenvalue weighted by Crippen LogP contribution is -1.94. The Morgan fingerprint density at radius 1 is 1.19 bits per heavy atom. The summed E-state index contributed by atoms with van der Waals surface area (Å²) in [6.45, 7) is 1.67. The molecule has 0 bridgehead atoms. The average molecular weight is 364 g/mol. The topological polar surface area (TPSA) is 118 Å². The number of aromatic carboxylic acids is 1. The van der Waals surface area contributed by atoms with Crippen LogP contribution in [0.3, 0.4) is 0 Å². The van der Waals surface area contributed by atoms with Gasteiger partial charge in [-0.2, -0.15) is 5.21 Å². The molecule has 8 nitrogen and oxygen atoms in total. The summed E-state index contributed by atoms with van der Waals surface area (Å²) in [5.41, 5.74) is 3.58. The van der Waals surface area contributed by atoms with Crippen molar-refractivity contribution in [2.24, 2.45) is 0 Å². The van der Waals surface area contributed by atoms with E-state index < -0.39 is 5.97 Å². The van der Waals surface area contributed by atoms with Crippen LogP contribution in [0.25, 0.3) is 33.2 Å². The number of carbonyl (C=O) groups is 1. The van der Waals surface area contributed by atoms with Crippen molar-refractivity contribution >= 4 is 17.3 Å². The Labute approximate surface area is 151 Å². The van der Waals surface area contributed by atoms with Gasteiger partial charge in [0.2, 0.25) is 5.82 Å². The van der Waals surface area contributed by atoms with E-state index >= 15 is 0 Å². The molecule has 4 rings (SSSR count). The number of carboxylic acids is 1. The van der Waals surface area contributed by atoms with Gasteiger partial charge in [-0.15, -0.1) is 21.5 Å². The molecule has 1 aromatic carbocycles. The minimum Gasteiger partial charge on any atom is -0.477 e. The van der Waals surface area contributed by atoms with E-state index in [1.54, 1.807) is 19.2 Å². The smallest absolute Gasteiger partial charge is 0.347 e. The van der Waals surface area contributed by atoms with Gasteiger partial charge in [-0.1, -0.05) is 30.3 Å². The van der Waals surface area contributed by atoms with Crippen molar-refractivity contribution < 1.29 is 9.90 Å². The van der Waals surface area contributed by atoms with Gasteiger partial charge in [-0.05, 0) is 23.8 Å². The van der Waals surface area contributed by atoms with Crippen molar-refractivity contribution in [3.05, 3.63) is 53.2 Å². The summed E-state index contributed by atoms with van der Waals surface area (Å²) in [6.07, 6.45) is 1.72. The van der Waals surface area contributed by atoms with Crippen LogP contribution in [0.2, 0.25) is 0 Å². The van der Waals surface area contributed by atoms with E-state index in [0.29, 0.717) is 22.2 Å².